The molecule has 0 amide bonds. The van der Waals surface area contributed by atoms with Crippen molar-refractivity contribution in [1.82, 2.24) is 0 Å². The molecule has 0 saturated heterocycles. The van der Waals surface area contributed by atoms with Crippen LogP contribution < -0.4 is 0 Å². The number of rotatable bonds is 2. The maximum absolute atomic E-state index is 11.4. The Morgan fingerprint density at radius 2 is 2.00 bits per heavy atom. The lowest BCUT2D eigenvalue weighted by atomic mass is 10.2. The summed E-state index contributed by atoms with van der Waals surface area (Å²) in [5, 5.41) is 2.07. The molecule has 2 aromatic heterocycles. The van der Waals surface area contributed by atoms with E-state index in [-0.39, 0.29) is 5.97 Å². The van der Waals surface area contributed by atoms with E-state index in [9.17, 15) is 4.79 Å². The molecule has 84 valence electrons. The van der Waals surface area contributed by atoms with Gasteiger partial charge >= 0.3 is 5.97 Å². The third kappa shape index (κ3) is 1.90. The summed E-state index contributed by atoms with van der Waals surface area (Å²) in [5.74, 6) is -0.256. The van der Waals surface area contributed by atoms with Gasteiger partial charge in [0, 0.05) is 9.75 Å². The van der Waals surface area contributed by atoms with Crippen molar-refractivity contribution in [2.75, 3.05) is 7.11 Å². The molecule has 0 aromatic carbocycles. The van der Waals surface area contributed by atoms with Crippen LogP contribution in [0.3, 0.4) is 0 Å². The van der Waals surface area contributed by atoms with E-state index in [2.05, 4.69) is 18.4 Å². The first-order valence-electron chi connectivity index (χ1n) is 4.86. The molecule has 0 aliphatic carbocycles. The van der Waals surface area contributed by atoms with Gasteiger partial charge in [-0.3, -0.25) is 0 Å². The van der Waals surface area contributed by atoms with Crippen LogP contribution >= 0.6 is 22.7 Å². The highest BCUT2D eigenvalue weighted by molar-refractivity contribution is 7.22. The fraction of sp³-hybridized carbons (Fsp3) is 0.250. The number of carbonyl (C=O) groups excluding carboxylic acids is 1. The molecule has 0 aliphatic rings. The Balaban J connectivity index is 2.47. The standard InChI is InChI=1S/C12H12O2S2/c1-7-4-5-15-10(7)11-8(2)6-9(16-11)12(13)14-3/h4-6H,1-3H3. The molecule has 0 unspecified atom stereocenters. The molecule has 4 heteroatoms. The zero-order valence-corrected chi connectivity index (χ0v) is 11.0. The van der Waals surface area contributed by atoms with Crippen LogP contribution in [0.2, 0.25) is 0 Å². The Morgan fingerprint density at radius 3 is 2.56 bits per heavy atom. The second-order valence-electron chi connectivity index (χ2n) is 3.55. The first kappa shape index (κ1) is 11.4. The molecular formula is C12H12O2S2. The predicted octanol–water partition coefficient (Wildman–Crippen LogP) is 3.88. The average Bonchev–Trinajstić information content (AvgIpc) is 2.83. The lowest BCUT2D eigenvalue weighted by molar-refractivity contribution is 0.0606. The van der Waals surface area contributed by atoms with E-state index < -0.39 is 0 Å². The Bertz CT molecular complexity index is 523. The van der Waals surface area contributed by atoms with Crippen LogP contribution in [0.5, 0.6) is 0 Å². The minimum atomic E-state index is -0.256. The van der Waals surface area contributed by atoms with E-state index >= 15 is 0 Å². The highest BCUT2D eigenvalue weighted by Crippen LogP contribution is 2.37. The molecule has 0 bridgehead atoms. The monoisotopic (exact) mass is 252 g/mol. The van der Waals surface area contributed by atoms with E-state index in [1.165, 1.54) is 33.8 Å². The van der Waals surface area contributed by atoms with E-state index in [1.807, 2.05) is 13.0 Å². The first-order chi connectivity index (χ1) is 7.63. The van der Waals surface area contributed by atoms with Crippen LogP contribution in [-0.4, -0.2) is 13.1 Å². The summed E-state index contributed by atoms with van der Waals surface area (Å²) in [7, 11) is 1.41. The number of hydrogen-bond donors (Lipinski definition) is 0. The van der Waals surface area contributed by atoms with Gasteiger partial charge in [-0.2, -0.15) is 0 Å². The topological polar surface area (TPSA) is 26.3 Å². The minimum Gasteiger partial charge on any atom is -0.465 e. The Hall–Kier alpha value is -1.13. The summed E-state index contributed by atoms with van der Waals surface area (Å²) in [5.41, 5.74) is 2.39. The van der Waals surface area contributed by atoms with Crippen LogP contribution in [0, 0.1) is 13.8 Å². The van der Waals surface area contributed by atoms with Gasteiger partial charge in [0.05, 0.1) is 7.11 Å². The van der Waals surface area contributed by atoms with Crippen molar-refractivity contribution in [3.63, 3.8) is 0 Å². The Labute approximate surface area is 103 Å². The van der Waals surface area contributed by atoms with Gasteiger partial charge in [0.15, 0.2) is 0 Å². The molecule has 2 rings (SSSR count). The molecule has 16 heavy (non-hydrogen) atoms. The van der Waals surface area contributed by atoms with Crippen LogP contribution in [0.4, 0.5) is 0 Å². The van der Waals surface area contributed by atoms with Gasteiger partial charge in [0.1, 0.15) is 4.88 Å². The fourth-order valence-electron chi connectivity index (χ4n) is 1.51. The van der Waals surface area contributed by atoms with Gasteiger partial charge in [-0.05, 0) is 42.5 Å². The number of thiophene rings is 2. The van der Waals surface area contributed by atoms with Gasteiger partial charge in [0.2, 0.25) is 0 Å². The summed E-state index contributed by atoms with van der Waals surface area (Å²) in [6, 6.07) is 3.99. The van der Waals surface area contributed by atoms with Crippen molar-refractivity contribution >= 4 is 28.6 Å². The summed E-state index contributed by atoms with van der Waals surface area (Å²) in [6.07, 6.45) is 0. The smallest absolute Gasteiger partial charge is 0.348 e. The molecule has 0 N–H and O–H groups in total. The quantitative estimate of drug-likeness (QED) is 0.758. The van der Waals surface area contributed by atoms with E-state index in [1.54, 1.807) is 11.3 Å². The number of esters is 1. The summed E-state index contributed by atoms with van der Waals surface area (Å²) >= 11 is 3.21. The molecule has 0 radical (unpaired) electrons. The Kier molecular flexibility index (Phi) is 3.12. The summed E-state index contributed by atoms with van der Waals surface area (Å²) in [4.78, 5) is 14.5. The maximum Gasteiger partial charge on any atom is 0.348 e. The van der Waals surface area contributed by atoms with Crippen molar-refractivity contribution in [2.45, 2.75) is 13.8 Å². The lowest BCUT2D eigenvalue weighted by Gasteiger charge is -1.96. The third-order valence-electron chi connectivity index (χ3n) is 2.37. The molecule has 0 fully saturated rings. The highest BCUT2D eigenvalue weighted by Gasteiger charge is 2.15. The molecule has 0 saturated carbocycles. The van der Waals surface area contributed by atoms with Crippen molar-refractivity contribution in [2.24, 2.45) is 0 Å². The maximum atomic E-state index is 11.4. The van der Waals surface area contributed by atoms with Gasteiger partial charge in [-0.1, -0.05) is 0 Å². The molecule has 2 aromatic rings. The number of aryl methyl sites for hydroxylation is 2. The third-order valence-corrected chi connectivity index (χ3v) is 4.77. The second kappa shape index (κ2) is 4.39. The second-order valence-corrected chi connectivity index (χ2v) is 5.52. The SMILES string of the molecule is COC(=O)c1cc(C)c(-c2sccc2C)s1. The van der Waals surface area contributed by atoms with Crippen molar-refractivity contribution in [3.8, 4) is 9.75 Å². The number of carbonyl (C=O) groups is 1. The van der Waals surface area contributed by atoms with Crippen LogP contribution in [0.15, 0.2) is 17.5 Å². The van der Waals surface area contributed by atoms with Gasteiger partial charge in [-0.15, -0.1) is 22.7 Å². The number of ether oxygens (including phenoxy) is 1. The van der Waals surface area contributed by atoms with Crippen LogP contribution in [0.1, 0.15) is 20.8 Å². The zero-order chi connectivity index (χ0) is 11.7. The van der Waals surface area contributed by atoms with Gasteiger partial charge in [0.25, 0.3) is 0 Å². The molecule has 2 nitrogen and oxygen atoms in total. The van der Waals surface area contributed by atoms with E-state index in [0.717, 1.165) is 5.56 Å². The fourth-order valence-corrected chi connectivity index (χ4v) is 3.81. The normalized spacial score (nSPS) is 10.4. The molecule has 0 spiro atoms. The molecule has 2 heterocycles. The number of hydrogen-bond acceptors (Lipinski definition) is 4. The van der Waals surface area contributed by atoms with Crippen molar-refractivity contribution in [1.29, 1.82) is 0 Å². The average molecular weight is 252 g/mol. The minimum absolute atomic E-state index is 0.256. The highest BCUT2D eigenvalue weighted by atomic mass is 32.1. The van der Waals surface area contributed by atoms with E-state index in [0.29, 0.717) is 4.88 Å². The number of methoxy groups -OCH3 is 1. The van der Waals surface area contributed by atoms with Crippen molar-refractivity contribution < 1.29 is 9.53 Å². The van der Waals surface area contributed by atoms with Crippen LogP contribution in [-0.2, 0) is 4.74 Å². The largest absolute Gasteiger partial charge is 0.465 e. The van der Waals surface area contributed by atoms with Crippen molar-refractivity contribution in [3.05, 3.63) is 33.5 Å². The van der Waals surface area contributed by atoms with E-state index in [4.69, 9.17) is 4.74 Å². The summed E-state index contributed by atoms with van der Waals surface area (Å²) < 4.78 is 4.73. The van der Waals surface area contributed by atoms with Gasteiger partial charge < -0.3 is 4.74 Å². The zero-order valence-electron chi connectivity index (χ0n) is 9.37. The first-order valence-corrected chi connectivity index (χ1v) is 6.56. The molecule has 0 atom stereocenters. The van der Waals surface area contributed by atoms with Gasteiger partial charge in [-0.25, -0.2) is 4.79 Å². The molecule has 0 aliphatic heterocycles. The van der Waals surface area contributed by atoms with Crippen LogP contribution in [0.25, 0.3) is 9.75 Å². The lowest BCUT2D eigenvalue weighted by Crippen LogP contribution is -1.96. The molecular weight excluding hydrogens is 240 g/mol. The Morgan fingerprint density at radius 1 is 1.25 bits per heavy atom. The predicted molar refractivity (Wildman–Crippen MR) is 68.4 cm³/mol. The summed E-state index contributed by atoms with van der Waals surface area (Å²) in [6.45, 7) is 4.11.